The Morgan fingerprint density at radius 1 is 0.969 bits per heavy atom. The van der Waals surface area contributed by atoms with Gasteiger partial charge < -0.3 is 14.8 Å². The molecule has 1 heterocycles. The quantitative estimate of drug-likeness (QED) is 0.424. The number of hydrogen-bond acceptors (Lipinski definition) is 4. The number of hydrogen-bond donors (Lipinski definition) is 3. The fourth-order valence-electron chi connectivity index (χ4n) is 3.78. The van der Waals surface area contributed by atoms with Crippen LogP contribution < -0.4 is 5.32 Å². The van der Waals surface area contributed by atoms with Crippen LogP contribution in [0.4, 0.5) is 0 Å². The van der Waals surface area contributed by atoms with Crippen molar-refractivity contribution in [1.29, 1.82) is 0 Å². The summed E-state index contributed by atoms with van der Waals surface area (Å²) in [5, 5.41) is 22.0. The van der Waals surface area contributed by atoms with Crippen LogP contribution in [0.2, 0.25) is 0 Å². The normalized spacial score (nSPS) is 13.1. The first-order chi connectivity index (χ1) is 15.3. The first-order valence-electron chi connectivity index (χ1n) is 10.7. The van der Waals surface area contributed by atoms with Gasteiger partial charge in [0.15, 0.2) is 0 Å². The lowest BCUT2D eigenvalue weighted by molar-refractivity contribution is -0.142. The number of imidazole rings is 1. The highest BCUT2D eigenvalue weighted by molar-refractivity contribution is 5.77. The van der Waals surface area contributed by atoms with E-state index in [1.54, 1.807) is 12.5 Å². The van der Waals surface area contributed by atoms with E-state index in [1.165, 1.54) is 0 Å². The number of aromatic nitrogens is 2. The van der Waals surface area contributed by atoms with E-state index in [-0.39, 0.29) is 12.3 Å². The van der Waals surface area contributed by atoms with Crippen molar-refractivity contribution in [2.45, 2.75) is 45.3 Å². The molecule has 0 aliphatic heterocycles. The molecule has 0 fully saturated rings. The zero-order valence-electron chi connectivity index (χ0n) is 18.3. The summed E-state index contributed by atoms with van der Waals surface area (Å²) < 4.78 is 1.91. The largest absolute Gasteiger partial charge is 0.480 e. The van der Waals surface area contributed by atoms with Crippen LogP contribution in [0.1, 0.15) is 31.5 Å². The maximum absolute atomic E-state index is 11.9. The number of carbonyl (C=O) groups is 2. The van der Waals surface area contributed by atoms with Gasteiger partial charge in [-0.05, 0) is 29.0 Å². The molecular formula is C25H29N3O4. The van der Waals surface area contributed by atoms with Gasteiger partial charge >= 0.3 is 11.9 Å². The van der Waals surface area contributed by atoms with Crippen LogP contribution >= 0.6 is 0 Å². The Labute approximate surface area is 187 Å². The average molecular weight is 436 g/mol. The molecule has 7 heteroatoms. The lowest BCUT2D eigenvalue weighted by atomic mass is 9.99. The second-order valence-corrected chi connectivity index (χ2v) is 8.32. The summed E-state index contributed by atoms with van der Waals surface area (Å²) in [6.45, 7) is 4.35. The Morgan fingerprint density at radius 2 is 1.62 bits per heavy atom. The summed E-state index contributed by atoms with van der Waals surface area (Å²) >= 11 is 0. The molecule has 0 bridgehead atoms. The van der Waals surface area contributed by atoms with Crippen LogP contribution in [0, 0.1) is 5.92 Å². The van der Waals surface area contributed by atoms with Gasteiger partial charge in [-0.25, -0.2) is 4.98 Å². The van der Waals surface area contributed by atoms with E-state index in [1.807, 2.05) is 54.8 Å². The van der Waals surface area contributed by atoms with Gasteiger partial charge in [0.25, 0.3) is 0 Å². The second kappa shape index (κ2) is 10.7. The summed E-state index contributed by atoms with van der Waals surface area (Å²) in [5.74, 6) is -2.01. The topological polar surface area (TPSA) is 104 Å². The third-order valence-electron chi connectivity index (χ3n) is 5.36. The minimum absolute atomic E-state index is 0.123. The van der Waals surface area contributed by atoms with Gasteiger partial charge in [0.2, 0.25) is 0 Å². The number of nitrogens with zero attached hydrogens (tertiary/aromatic N) is 2. The maximum atomic E-state index is 11.9. The van der Waals surface area contributed by atoms with Crippen molar-refractivity contribution in [2.75, 3.05) is 0 Å². The molecule has 0 aliphatic carbocycles. The Morgan fingerprint density at radius 3 is 2.28 bits per heavy atom. The fraction of sp³-hybridized carbons (Fsp3) is 0.320. The Bertz CT molecular complexity index is 1050. The maximum Gasteiger partial charge on any atom is 0.321 e. The number of benzene rings is 2. The highest BCUT2D eigenvalue weighted by atomic mass is 16.4. The highest BCUT2D eigenvalue weighted by Crippen LogP contribution is 2.24. The monoisotopic (exact) mass is 435 g/mol. The molecule has 0 radical (unpaired) electrons. The van der Waals surface area contributed by atoms with Crippen molar-refractivity contribution in [3.05, 3.63) is 78.4 Å². The third-order valence-corrected chi connectivity index (χ3v) is 5.36. The van der Waals surface area contributed by atoms with Crippen LogP contribution in [0.15, 0.2) is 67.1 Å². The van der Waals surface area contributed by atoms with Gasteiger partial charge in [0, 0.05) is 24.9 Å². The van der Waals surface area contributed by atoms with Crippen molar-refractivity contribution in [2.24, 2.45) is 5.92 Å². The zero-order valence-corrected chi connectivity index (χ0v) is 18.3. The number of carboxylic acids is 2. The number of rotatable bonds is 11. The Hall–Kier alpha value is -3.45. The average Bonchev–Trinajstić information content (AvgIpc) is 3.19. The molecule has 0 amide bonds. The minimum Gasteiger partial charge on any atom is -0.480 e. The number of aliphatic carboxylic acids is 2. The van der Waals surface area contributed by atoms with Crippen LogP contribution in [0.5, 0.6) is 0 Å². The summed E-state index contributed by atoms with van der Waals surface area (Å²) in [4.78, 5) is 27.7. The fourth-order valence-corrected chi connectivity index (χ4v) is 3.78. The molecule has 3 aromatic rings. The van der Waals surface area contributed by atoms with E-state index >= 15 is 0 Å². The summed E-state index contributed by atoms with van der Waals surface area (Å²) in [7, 11) is 0. The van der Waals surface area contributed by atoms with E-state index < -0.39 is 24.0 Å². The van der Waals surface area contributed by atoms with Gasteiger partial charge in [0.1, 0.15) is 12.1 Å². The summed E-state index contributed by atoms with van der Waals surface area (Å²) in [6, 6.07) is 16.2. The molecule has 1 unspecified atom stereocenters. The summed E-state index contributed by atoms with van der Waals surface area (Å²) in [6.07, 6.45) is 3.80. The minimum atomic E-state index is -1.09. The molecule has 2 atom stereocenters. The SMILES string of the molecule is CC(C)CC(N[C@@H](Cc1cncn1Cc1ccccc1-c1ccccc1)C(=O)O)C(=O)O. The van der Waals surface area contributed by atoms with Gasteiger partial charge in [-0.1, -0.05) is 68.4 Å². The van der Waals surface area contributed by atoms with E-state index in [0.29, 0.717) is 13.0 Å². The van der Waals surface area contributed by atoms with Gasteiger partial charge in [-0.3, -0.25) is 14.9 Å². The third kappa shape index (κ3) is 6.04. The van der Waals surface area contributed by atoms with E-state index in [2.05, 4.69) is 28.5 Å². The number of carboxylic acid groups (broad SMARTS) is 2. The molecular weight excluding hydrogens is 406 g/mol. The smallest absolute Gasteiger partial charge is 0.321 e. The molecule has 1 aromatic heterocycles. The van der Waals surface area contributed by atoms with Crippen LogP contribution in [0.3, 0.4) is 0 Å². The van der Waals surface area contributed by atoms with Gasteiger partial charge in [-0.15, -0.1) is 0 Å². The predicted octanol–water partition coefficient (Wildman–Crippen LogP) is 3.68. The molecule has 2 aromatic carbocycles. The molecule has 32 heavy (non-hydrogen) atoms. The lowest BCUT2D eigenvalue weighted by Crippen LogP contribution is -2.49. The second-order valence-electron chi connectivity index (χ2n) is 8.32. The first kappa shape index (κ1) is 23.2. The van der Waals surface area contributed by atoms with Crippen LogP contribution in [-0.4, -0.2) is 43.8 Å². The Kier molecular flexibility index (Phi) is 7.78. The molecule has 0 spiro atoms. The van der Waals surface area contributed by atoms with Crippen molar-refractivity contribution in [1.82, 2.24) is 14.9 Å². The van der Waals surface area contributed by atoms with Gasteiger partial charge in [0.05, 0.1) is 6.33 Å². The number of nitrogens with one attached hydrogen (secondary N) is 1. The standard InChI is InChI=1S/C25H29N3O4/c1-17(2)12-22(24(29)30)27-23(25(31)32)13-20-14-26-16-28(20)15-19-10-6-7-11-21(19)18-8-4-3-5-9-18/h3-11,14,16-17,22-23,27H,12-13,15H2,1-2H3,(H,29,30)(H,31,32)/t22?,23-/m0/s1. The lowest BCUT2D eigenvalue weighted by Gasteiger charge is -2.22. The van der Waals surface area contributed by atoms with E-state index in [0.717, 1.165) is 22.4 Å². The van der Waals surface area contributed by atoms with E-state index in [9.17, 15) is 19.8 Å². The van der Waals surface area contributed by atoms with Gasteiger partial charge in [-0.2, -0.15) is 0 Å². The van der Waals surface area contributed by atoms with Crippen LogP contribution in [0.25, 0.3) is 11.1 Å². The molecule has 3 N–H and O–H groups in total. The summed E-state index contributed by atoms with van der Waals surface area (Å²) in [5.41, 5.74) is 4.01. The van der Waals surface area contributed by atoms with Crippen molar-refractivity contribution in [3.8, 4) is 11.1 Å². The first-order valence-corrected chi connectivity index (χ1v) is 10.7. The molecule has 7 nitrogen and oxygen atoms in total. The molecule has 0 aliphatic rings. The zero-order chi connectivity index (χ0) is 23.1. The molecule has 0 saturated heterocycles. The highest BCUT2D eigenvalue weighted by Gasteiger charge is 2.27. The van der Waals surface area contributed by atoms with Crippen molar-refractivity contribution in [3.63, 3.8) is 0 Å². The van der Waals surface area contributed by atoms with Crippen molar-refractivity contribution < 1.29 is 19.8 Å². The molecule has 3 rings (SSSR count). The molecule has 168 valence electrons. The molecule has 0 saturated carbocycles. The van der Waals surface area contributed by atoms with Crippen LogP contribution in [-0.2, 0) is 22.6 Å². The Balaban J connectivity index is 1.81. The van der Waals surface area contributed by atoms with Crippen molar-refractivity contribution >= 4 is 11.9 Å². The predicted molar refractivity (Wildman–Crippen MR) is 122 cm³/mol. The van der Waals surface area contributed by atoms with E-state index in [4.69, 9.17) is 0 Å².